The molecule has 0 bridgehead atoms. The van der Waals surface area contributed by atoms with Gasteiger partial charge in [-0.25, -0.2) is 0 Å². The quantitative estimate of drug-likeness (QED) is 0.724. The Hall–Kier alpha value is -3.19. The van der Waals surface area contributed by atoms with Gasteiger partial charge in [-0.3, -0.25) is 9.59 Å². The number of likely N-dealkylation sites (N-methyl/N-ethyl adjacent to an activating group) is 1. The van der Waals surface area contributed by atoms with Crippen molar-refractivity contribution in [1.82, 2.24) is 4.90 Å². The van der Waals surface area contributed by atoms with Crippen LogP contribution in [0.4, 0.5) is 0 Å². The summed E-state index contributed by atoms with van der Waals surface area (Å²) in [5, 5.41) is 9.79. The highest BCUT2D eigenvalue weighted by molar-refractivity contribution is 6.32. The largest absolute Gasteiger partial charge is 0.508 e. The van der Waals surface area contributed by atoms with E-state index in [1.165, 1.54) is 29.2 Å². The van der Waals surface area contributed by atoms with E-state index in [0.29, 0.717) is 29.2 Å². The van der Waals surface area contributed by atoms with E-state index in [0.717, 1.165) is 0 Å². The minimum atomic E-state index is -0.300. The predicted molar refractivity (Wildman–Crippen MR) is 108 cm³/mol. The zero-order chi connectivity index (χ0) is 21.1. The summed E-state index contributed by atoms with van der Waals surface area (Å²) in [6, 6.07) is 7.54. The van der Waals surface area contributed by atoms with Crippen LogP contribution in [-0.2, 0) is 4.79 Å². The Kier molecular flexibility index (Phi) is 5.98. The molecule has 0 aromatic heterocycles. The number of carbonyl (C=O) groups excluding carboxylic acids is 2. The molecule has 2 aromatic carbocycles. The molecule has 1 aliphatic rings. The van der Waals surface area contributed by atoms with Gasteiger partial charge in [-0.15, -0.1) is 0 Å². The topological polar surface area (TPSA) is 85.3 Å². The number of halogens is 1. The molecule has 0 radical (unpaired) electrons. The summed E-state index contributed by atoms with van der Waals surface area (Å²) in [5.41, 5.74) is 0.928. The summed E-state index contributed by atoms with van der Waals surface area (Å²) in [7, 11) is 3.25. The fourth-order valence-electron chi connectivity index (χ4n) is 2.66. The van der Waals surface area contributed by atoms with Gasteiger partial charge in [0.15, 0.2) is 23.9 Å². The van der Waals surface area contributed by atoms with E-state index in [1.807, 2.05) is 0 Å². The van der Waals surface area contributed by atoms with Gasteiger partial charge in [0.2, 0.25) is 5.78 Å². The second kappa shape index (κ2) is 8.45. The number of phenols is 1. The molecule has 0 saturated heterocycles. The van der Waals surface area contributed by atoms with Crippen molar-refractivity contribution in [2.45, 2.75) is 6.92 Å². The Labute approximate surface area is 173 Å². The number of Topliss-reactive ketones (excluding diaryl/α,β-unsaturated/α-hetero) is 1. The number of carbonyl (C=O) groups is 2. The van der Waals surface area contributed by atoms with Crippen molar-refractivity contribution >= 4 is 29.4 Å². The Morgan fingerprint density at radius 3 is 2.69 bits per heavy atom. The van der Waals surface area contributed by atoms with E-state index in [9.17, 15) is 14.7 Å². The molecule has 1 aliphatic heterocycles. The number of ketones is 1. The van der Waals surface area contributed by atoms with Gasteiger partial charge in [-0.05, 0) is 42.8 Å². The molecule has 152 valence electrons. The number of ether oxygens (including phenoxy) is 3. The summed E-state index contributed by atoms with van der Waals surface area (Å²) < 4.78 is 16.7. The Morgan fingerprint density at radius 1 is 1.24 bits per heavy atom. The van der Waals surface area contributed by atoms with Crippen molar-refractivity contribution in [3.05, 3.63) is 52.2 Å². The number of hydrogen-bond acceptors (Lipinski definition) is 6. The van der Waals surface area contributed by atoms with Gasteiger partial charge in [0, 0.05) is 20.2 Å². The molecule has 29 heavy (non-hydrogen) atoms. The minimum absolute atomic E-state index is 0.00764. The zero-order valence-corrected chi connectivity index (χ0v) is 16.9. The molecule has 1 N–H and O–H groups in total. The van der Waals surface area contributed by atoms with Crippen LogP contribution in [0.15, 0.2) is 36.1 Å². The third-order valence-electron chi connectivity index (χ3n) is 4.12. The van der Waals surface area contributed by atoms with Gasteiger partial charge in [0.25, 0.3) is 5.91 Å². The van der Waals surface area contributed by atoms with Crippen molar-refractivity contribution < 1.29 is 28.9 Å². The second-order valence-corrected chi connectivity index (χ2v) is 6.87. The van der Waals surface area contributed by atoms with Gasteiger partial charge < -0.3 is 24.2 Å². The maximum absolute atomic E-state index is 12.5. The van der Waals surface area contributed by atoms with Crippen molar-refractivity contribution in [3.63, 3.8) is 0 Å². The minimum Gasteiger partial charge on any atom is -0.508 e. The van der Waals surface area contributed by atoms with Gasteiger partial charge >= 0.3 is 0 Å². The van der Waals surface area contributed by atoms with E-state index in [1.54, 1.807) is 33.2 Å². The number of rotatable bonds is 6. The summed E-state index contributed by atoms with van der Waals surface area (Å²) in [5.74, 6) is 0.469. The number of fused-ring (bicyclic) bond motifs is 1. The van der Waals surface area contributed by atoms with Crippen LogP contribution in [0.1, 0.15) is 22.8 Å². The first-order valence-electron chi connectivity index (χ1n) is 8.86. The van der Waals surface area contributed by atoms with E-state index in [4.69, 9.17) is 25.8 Å². The molecule has 0 spiro atoms. The van der Waals surface area contributed by atoms with Crippen molar-refractivity contribution in [1.29, 1.82) is 0 Å². The number of hydrogen-bond donors (Lipinski definition) is 1. The highest BCUT2D eigenvalue weighted by Gasteiger charge is 2.27. The lowest BCUT2D eigenvalue weighted by Gasteiger charge is -2.16. The lowest BCUT2D eigenvalue weighted by Crippen LogP contribution is -2.27. The number of phenolic OH excluding ortho intramolecular Hbond substituents is 1. The normalized spacial score (nSPS) is 13.8. The fraction of sp³-hybridized carbons (Fsp3) is 0.238. The molecule has 2 aromatic rings. The van der Waals surface area contributed by atoms with Crippen LogP contribution in [0.3, 0.4) is 0 Å². The zero-order valence-electron chi connectivity index (χ0n) is 16.2. The van der Waals surface area contributed by atoms with E-state index >= 15 is 0 Å². The molecular formula is C21H20ClNO6. The SMILES string of the molecule is CCOc1cc(/C=C2/Oc3cc(O)ccc3C2=O)cc(Cl)c1OCC(=O)N(C)C. The smallest absolute Gasteiger partial charge is 0.259 e. The highest BCUT2D eigenvalue weighted by atomic mass is 35.5. The number of benzene rings is 2. The summed E-state index contributed by atoms with van der Waals surface area (Å²) >= 11 is 6.35. The van der Waals surface area contributed by atoms with E-state index in [-0.39, 0.29) is 40.6 Å². The van der Waals surface area contributed by atoms with E-state index < -0.39 is 0 Å². The first-order chi connectivity index (χ1) is 13.8. The maximum atomic E-state index is 12.5. The van der Waals surface area contributed by atoms with Gasteiger partial charge in [-0.2, -0.15) is 0 Å². The van der Waals surface area contributed by atoms with Crippen molar-refractivity contribution in [2.75, 3.05) is 27.3 Å². The number of aromatic hydroxyl groups is 1. The maximum Gasteiger partial charge on any atom is 0.259 e. The molecule has 7 nitrogen and oxygen atoms in total. The number of amides is 1. The number of nitrogens with zero attached hydrogens (tertiary/aromatic N) is 1. The summed E-state index contributed by atoms with van der Waals surface area (Å²) in [6.07, 6.45) is 1.53. The van der Waals surface area contributed by atoms with Gasteiger partial charge in [0.1, 0.15) is 11.5 Å². The second-order valence-electron chi connectivity index (χ2n) is 6.46. The molecule has 0 saturated carbocycles. The molecule has 0 unspecified atom stereocenters. The standard InChI is InChI=1S/C21H20ClNO6/c1-4-27-18-9-12(7-15(22)21(18)28-11-19(25)23(2)3)8-17-20(26)14-6-5-13(24)10-16(14)29-17/h5-10,24H,4,11H2,1-3H3/b17-8+. The third kappa shape index (κ3) is 4.46. The van der Waals surface area contributed by atoms with Crippen LogP contribution in [0.2, 0.25) is 5.02 Å². The lowest BCUT2D eigenvalue weighted by atomic mass is 10.1. The van der Waals surface area contributed by atoms with Crippen LogP contribution in [-0.4, -0.2) is 49.0 Å². The highest BCUT2D eigenvalue weighted by Crippen LogP contribution is 2.39. The fourth-order valence-corrected chi connectivity index (χ4v) is 2.94. The van der Waals surface area contributed by atoms with Crippen LogP contribution in [0.5, 0.6) is 23.0 Å². The lowest BCUT2D eigenvalue weighted by molar-refractivity contribution is -0.130. The number of allylic oxidation sites excluding steroid dienone is 1. The Morgan fingerprint density at radius 2 is 2.00 bits per heavy atom. The first kappa shape index (κ1) is 20.5. The van der Waals surface area contributed by atoms with Crippen molar-refractivity contribution in [2.24, 2.45) is 0 Å². The molecule has 0 fully saturated rings. The van der Waals surface area contributed by atoms with Gasteiger partial charge in [0.05, 0.1) is 17.2 Å². The molecule has 8 heteroatoms. The molecule has 0 atom stereocenters. The Balaban J connectivity index is 1.90. The van der Waals surface area contributed by atoms with Crippen LogP contribution < -0.4 is 14.2 Å². The molecule has 1 amide bonds. The Bertz CT molecular complexity index is 999. The summed E-state index contributed by atoms with van der Waals surface area (Å²) in [6.45, 7) is 1.97. The molecular weight excluding hydrogens is 398 g/mol. The van der Waals surface area contributed by atoms with Gasteiger partial charge in [-0.1, -0.05) is 11.6 Å². The van der Waals surface area contributed by atoms with Crippen molar-refractivity contribution in [3.8, 4) is 23.0 Å². The molecule has 0 aliphatic carbocycles. The summed E-state index contributed by atoms with van der Waals surface area (Å²) in [4.78, 5) is 25.7. The van der Waals surface area contributed by atoms with Crippen LogP contribution in [0, 0.1) is 0 Å². The predicted octanol–water partition coefficient (Wildman–Crippen LogP) is 3.53. The molecule has 3 rings (SSSR count). The first-order valence-corrected chi connectivity index (χ1v) is 9.24. The average molecular weight is 418 g/mol. The molecule has 1 heterocycles. The monoisotopic (exact) mass is 417 g/mol. The average Bonchev–Trinajstić information content (AvgIpc) is 2.95. The van der Waals surface area contributed by atoms with Crippen LogP contribution in [0.25, 0.3) is 6.08 Å². The third-order valence-corrected chi connectivity index (χ3v) is 4.40. The van der Waals surface area contributed by atoms with Crippen LogP contribution >= 0.6 is 11.6 Å². The van der Waals surface area contributed by atoms with E-state index in [2.05, 4.69) is 0 Å².